The number of fused-ring (bicyclic) bond motifs is 1. The van der Waals surface area contributed by atoms with E-state index in [1.165, 1.54) is 6.42 Å². The maximum Gasteiger partial charge on any atom is 0.234 e. The predicted molar refractivity (Wildman–Crippen MR) is 67.7 cm³/mol. The van der Waals surface area contributed by atoms with E-state index >= 15 is 0 Å². The van der Waals surface area contributed by atoms with Crippen molar-refractivity contribution in [1.82, 2.24) is 0 Å². The fourth-order valence-corrected chi connectivity index (χ4v) is 2.87. The zero-order valence-electron chi connectivity index (χ0n) is 10.2. The van der Waals surface area contributed by atoms with E-state index in [4.69, 9.17) is 4.74 Å². The van der Waals surface area contributed by atoms with Crippen LogP contribution in [0.25, 0.3) is 0 Å². The molecule has 96 valence electrons. The van der Waals surface area contributed by atoms with Crippen molar-refractivity contribution in [2.24, 2.45) is 5.41 Å². The first kappa shape index (κ1) is 11.4. The van der Waals surface area contributed by atoms with E-state index in [0.717, 1.165) is 25.7 Å². The van der Waals surface area contributed by atoms with Crippen molar-refractivity contribution in [2.75, 3.05) is 11.9 Å². The van der Waals surface area contributed by atoms with Gasteiger partial charge in [-0.3, -0.25) is 4.79 Å². The summed E-state index contributed by atoms with van der Waals surface area (Å²) >= 11 is 0. The standard InChI is InChI=1S/C14H17NO3/c16-10-4-5-11-12(8-10)18-9-14(13(17)15-11)6-2-1-3-7-14/h4-5,8,16H,1-3,6-7,9H2,(H,15,17). The van der Waals surface area contributed by atoms with Crippen LogP contribution in [0, 0.1) is 5.41 Å². The normalized spacial score (nSPS) is 21.7. The molecule has 4 heteroatoms. The summed E-state index contributed by atoms with van der Waals surface area (Å²) in [4.78, 5) is 12.4. The molecular formula is C14H17NO3. The van der Waals surface area contributed by atoms with E-state index in [1.807, 2.05) is 0 Å². The molecule has 0 saturated heterocycles. The van der Waals surface area contributed by atoms with E-state index in [0.29, 0.717) is 18.0 Å². The molecule has 1 spiro atoms. The van der Waals surface area contributed by atoms with Crippen LogP contribution in [0.15, 0.2) is 18.2 Å². The van der Waals surface area contributed by atoms with E-state index in [-0.39, 0.29) is 17.1 Å². The van der Waals surface area contributed by atoms with Gasteiger partial charge in [0.25, 0.3) is 0 Å². The number of nitrogens with one attached hydrogen (secondary N) is 1. The van der Waals surface area contributed by atoms with Crippen molar-refractivity contribution >= 4 is 11.6 Å². The molecular weight excluding hydrogens is 230 g/mol. The second-order valence-corrected chi connectivity index (χ2v) is 5.26. The lowest BCUT2D eigenvalue weighted by Gasteiger charge is -2.33. The summed E-state index contributed by atoms with van der Waals surface area (Å²) in [5, 5.41) is 12.4. The third-order valence-corrected chi connectivity index (χ3v) is 4.01. The summed E-state index contributed by atoms with van der Waals surface area (Å²) in [6.07, 6.45) is 5.14. The van der Waals surface area contributed by atoms with Crippen LogP contribution in [0.4, 0.5) is 5.69 Å². The first-order valence-corrected chi connectivity index (χ1v) is 6.47. The maximum atomic E-state index is 12.4. The first-order valence-electron chi connectivity index (χ1n) is 6.47. The quantitative estimate of drug-likeness (QED) is 0.693. The van der Waals surface area contributed by atoms with E-state index in [2.05, 4.69) is 5.32 Å². The monoisotopic (exact) mass is 247 g/mol. The van der Waals surface area contributed by atoms with Crippen molar-refractivity contribution in [2.45, 2.75) is 32.1 Å². The Morgan fingerprint density at radius 3 is 2.78 bits per heavy atom. The highest BCUT2D eigenvalue weighted by atomic mass is 16.5. The molecule has 1 amide bonds. The number of hydrogen-bond donors (Lipinski definition) is 2. The summed E-state index contributed by atoms with van der Waals surface area (Å²) in [6, 6.07) is 4.79. The highest BCUT2D eigenvalue weighted by molar-refractivity contribution is 5.97. The average molecular weight is 247 g/mol. The third-order valence-electron chi connectivity index (χ3n) is 4.01. The maximum absolute atomic E-state index is 12.4. The Kier molecular flexibility index (Phi) is 2.65. The van der Waals surface area contributed by atoms with Crippen LogP contribution >= 0.6 is 0 Å². The van der Waals surface area contributed by atoms with E-state index in [1.54, 1.807) is 18.2 Å². The minimum atomic E-state index is -0.382. The molecule has 1 fully saturated rings. The highest BCUT2D eigenvalue weighted by Crippen LogP contribution is 2.42. The fourth-order valence-electron chi connectivity index (χ4n) is 2.87. The Bertz CT molecular complexity index is 478. The summed E-state index contributed by atoms with van der Waals surface area (Å²) in [6.45, 7) is 0.412. The van der Waals surface area contributed by atoms with Crippen LogP contribution in [-0.2, 0) is 4.79 Å². The van der Waals surface area contributed by atoms with Crippen LogP contribution in [0.2, 0.25) is 0 Å². The number of rotatable bonds is 0. The lowest BCUT2D eigenvalue weighted by atomic mass is 9.74. The largest absolute Gasteiger partial charge is 0.508 e. The van der Waals surface area contributed by atoms with Gasteiger partial charge >= 0.3 is 0 Å². The second kappa shape index (κ2) is 4.19. The predicted octanol–water partition coefficient (Wildman–Crippen LogP) is 2.67. The number of benzene rings is 1. The Labute approximate surface area is 106 Å². The zero-order chi connectivity index (χ0) is 12.6. The van der Waals surface area contributed by atoms with Gasteiger partial charge in [0.05, 0.1) is 11.1 Å². The number of amides is 1. The molecule has 1 saturated carbocycles. The van der Waals surface area contributed by atoms with Gasteiger partial charge in [-0.2, -0.15) is 0 Å². The van der Waals surface area contributed by atoms with Gasteiger partial charge in [-0.1, -0.05) is 19.3 Å². The number of ether oxygens (including phenoxy) is 1. The van der Waals surface area contributed by atoms with Gasteiger partial charge in [0.1, 0.15) is 18.1 Å². The Morgan fingerprint density at radius 1 is 1.22 bits per heavy atom. The minimum Gasteiger partial charge on any atom is -0.508 e. The van der Waals surface area contributed by atoms with Crippen molar-refractivity contribution < 1.29 is 14.6 Å². The highest BCUT2D eigenvalue weighted by Gasteiger charge is 2.42. The Balaban J connectivity index is 1.92. The number of phenolic OH excluding ortho intramolecular Hbond substituents is 1. The molecule has 0 bridgehead atoms. The molecule has 3 rings (SSSR count). The number of phenols is 1. The van der Waals surface area contributed by atoms with E-state index < -0.39 is 0 Å². The number of carbonyl (C=O) groups is 1. The molecule has 1 aromatic carbocycles. The average Bonchev–Trinajstić information content (AvgIpc) is 2.51. The van der Waals surface area contributed by atoms with Crippen molar-refractivity contribution in [3.8, 4) is 11.5 Å². The molecule has 1 heterocycles. The summed E-state index contributed by atoms with van der Waals surface area (Å²) in [5.74, 6) is 0.778. The second-order valence-electron chi connectivity index (χ2n) is 5.26. The van der Waals surface area contributed by atoms with E-state index in [9.17, 15) is 9.90 Å². The number of carbonyl (C=O) groups excluding carboxylic acids is 1. The first-order chi connectivity index (χ1) is 8.70. The third kappa shape index (κ3) is 1.82. The Hall–Kier alpha value is -1.71. The number of hydrogen-bond acceptors (Lipinski definition) is 3. The lowest BCUT2D eigenvalue weighted by molar-refractivity contribution is -0.128. The van der Waals surface area contributed by atoms with Crippen molar-refractivity contribution in [3.63, 3.8) is 0 Å². The molecule has 4 nitrogen and oxygen atoms in total. The molecule has 2 aliphatic rings. The smallest absolute Gasteiger partial charge is 0.234 e. The van der Waals surface area contributed by atoms with Crippen LogP contribution in [0.1, 0.15) is 32.1 Å². The SMILES string of the molecule is O=C1Nc2ccc(O)cc2OCC12CCCCC2. The molecule has 0 aromatic heterocycles. The molecule has 1 aliphatic carbocycles. The van der Waals surface area contributed by atoms with Gasteiger partial charge in [-0.05, 0) is 25.0 Å². The van der Waals surface area contributed by atoms with Gasteiger partial charge < -0.3 is 15.2 Å². The van der Waals surface area contributed by atoms with Gasteiger partial charge in [0.15, 0.2) is 0 Å². The molecule has 1 aliphatic heterocycles. The van der Waals surface area contributed by atoms with Gasteiger partial charge in [0, 0.05) is 6.07 Å². The molecule has 1 aromatic rings. The summed E-state index contributed by atoms with van der Waals surface area (Å²) in [7, 11) is 0. The van der Waals surface area contributed by atoms with Gasteiger partial charge in [-0.15, -0.1) is 0 Å². The minimum absolute atomic E-state index is 0.0617. The van der Waals surface area contributed by atoms with Gasteiger partial charge in [0.2, 0.25) is 5.91 Å². The summed E-state index contributed by atoms with van der Waals surface area (Å²) in [5.41, 5.74) is 0.271. The fraction of sp³-hybridized carbons (Fsp3) is 0.500. The molecule has 0 radical (unpaired) electrons. The van der Waals surface area contributed by atoms with Crippen LogP contribution in [-0.4, -0.2) is 17.6 Å². The number of anilines is 1. The lowest BCUT2D eigenvalue weighted by Crippen LogP contribution is -2.41. The van der Waals surface area contributed by atoms with Crippen LogP contribution in [0.3, 0.4) is 0 Å². The van der Waals surface area contributed by atoms with Crippen LogP contribution in [0.5, 0.6) is 11.5 Å². The molecule has 0 unspecified atom stereocenters. The Morgan fingerprint density at radius 2 is 2.00 bits per heavy atom. The van der Waals surface area contributed by atoms with Gasteiger partial charge in [-0.25, -0.2) is 0 Å². The van der Waals surface area contributed by atoms with Crippen molar-refractivity contribution in [3.05, 3.63) is 18.2 Å². The topological polar surface area (TPSA) is 58.6 Å². The molecule has 18 heavy (non-hydrogen) atoms. The molecule has 2 N–H and O–H groups in total. The molecule has 0 atom stereocenters. The van der Waals surface area contributed by atoms with Crippen molar-refractivity contribution in [1.29, 1.82) is 0 Å². The summed E-state index contributed by atoms with van der Waals surface area (Å²) < 4.78 is 5.75. The van der Waals surface area contributed by atoms with Crippen LogP contribution < -0.4 is 10.1 Å². The number of aromatic hydroxyl groups is 1. The zero-order valence-corrected chi connectivity index (χ0v) is 10.2.